The lowest BCUT2D eigenvalue weighted by atomic mass is 10.1. The number of aryl methyl sites for hydroxylation is 1. The molecule has 1 N–H and O–H groups in total. The molecule has 0 bridgehead atoms. The average Bonchev–Trinajstić information content (AvgIpc) is 2.65. The molecule has 3 rings (SSSR count). The van der Waals surface area contributed by atoms with Crippen molar-refractivity contribution in [1.82, 2.24) is 4.31 Å². The second-order valence-corrected chi connectivity index (χ2v) is 8.17. The minimum atomic E-state index is -3.65. The van der Waals surface area contributed by atoms with Crippen molar-refractivity contribution in [2.45, 2.75) is 18.2 Å². The Labute approximate surface area is 156 Å². The van der Waals surface area contributed by atoms with Crippen LogP contribution < -0.4 is 5.32 Å². The lowest BCUT2D eigenvalue weighted by molar-refractivity contribution is -0.113. The van der Waals surface area contributed by atoms with Gasteiger partial charge in [-0.05, 0) is 37.6 Å². The van der Waals surface area contributed by atoms with Gasteiger partial charge in [0.25, 0.3) is 5.91 Å². The maximum absolute atomic E-state index is 13.6. The Hall–Kier alpha value is -2.58. The molecule has 0 fully saturated rings. The Morgan fingerprint density at radius 3 is 2.44 bits per heavy atom. The fourth-order valence-corrected chi connectivity index (χ4v) is 4.11. The zero-order chi connectivity index (χ0) is 19.6. The van der Waals surface area contributed by atoms with E-state index in [-0.39, 0.29) is 30.1 Å². The van der Waals surface area contributed by atoms with Gasteiger partial charge in [0.1, 0.15) is 11.6 Å². The first-order chi connectivity index (χ1) is 12.8. The van der Waals surface area contributed by atoms with Crippen LogP contribution in [0.1, 0.15) is 12.0 Å². The van der Waals surface area contributed by atoms with Crippen molar-refractivity contribution in [2.24, 2.45) is 0 Å². The summed E-state index contributed by atoms with van der Waals surface area (Å²) in [6.07, 6.45) is 1.66. The van der Waals surface area contributed by atoms with Gasteiger partial charge in [-0.2, -0.15) is 4.31 Å². The number of amides is 1. The lowest BCUT2D eigenvalue weighted by Gasteiger charge is -2.25. The summed E-state index contributed by atoms with van der Waals surface area (Å²) in [6, 6.07) is 9.31. The maximum Gasteiger partial charge on any atom is 0.251 e. The third kappa shape index (κ3) is 4.23. The molecule has 0 spiro atoms. The number of anilines is 1. The topological polar surface area (TPSA) is 66.5 Å². The average molecular weight is 392 g/mol. The van der Waals surface area contributed by atoms with E-state index in [0.29, 0.717) is 5.57 Å². The van der Waals surface area contributed by atoms with Crippen molar-refractivity contribution < 1.29 is 22.0 Å². The standard InChI is InChI=1S/C19H18F2N2O3S/c1-13-2-5-16(6-3-13)27(25,26)23-10-8-14(9-11-23)19(24)22-18-12-15(20)4-7-17(18)21/h2-8,12H,9-11H2,1H3,(H,22,24). The summed E-state index contributed by atoms with van der Waals surface area (Å²) in [7, 11) is -3.65. The SMILES string of the molecule is Cc1ccc(S(=O)(=O)N2CC=C(C(=O)Nc3cc(F)ccc3F)CC2)cc1. The highest BCUT2D eigenvalue weighted by molar-refractivity contribution is 7.89. The van der Waals surface area contributed by atoms with E-state index in [4.69, 9.17) is 0 Å². The van der Waals surface area contributed by atoms with Gasteiger partial charge in [-0.1, -0.05) is 23.8 Å². The molecular weight excluding hydrogens is 374 g/mol. The van der Waals surface area contributed by atoms with E-state index in [1.807, 2.05) is 6.92 Å². The summed E-state index contributed by atoms with van der Waals surface area (Å²) < 4.78 is 53.4. The number of hydrogen-bond acceptors (Lipinski definition) is 3. The highest BCUT2D eigenvalue weighted by Crippen LogP contribution is 2.22. The summed E-state index contributed by atoms with van der Waals surface area (Å²) in [5.41, 5.74) is 1.03. The van der Waals surface area contributed by atoms with Gasteiger partial charge in [0.05, 0.1) is 10.6 Å². The van der Waals surface area contributed by atoms with E-state index in [1.54, 1.807) is 24.3 Å². The van der Waals surface area contributed by atoms with Gasteiger partial charge < -0.3 is 5.32 Å². The number of sulfonamides is 1. The van der Waals surface area contributed by atoms with Gasteiger partial charge in [-0.15, -0.1) is 0 Å². The van der Waals surface area contributed by atoms with Gasteiger partial charge in [0.15, 0.2) is 0 Å². The molecule has 1 heterocycles. The summed E-state index contributed by atoms with van der Waals surface area (Å²) in [4.78, 5) is 12.4. The molecule has 5 nitrogen and oxygen atoms in total. The molecule has 1 aliphatic rings. The number of carbonyl (C=O) groups excluding carboxylic acids is 1. The van der Waals surface area contributed by atoms with E-state index in [0.717, 1.165) is 23.8 Å². The number of carbonyl (C=O) groups is 1. The molecule has 0 aromatic heterocycles. The first-order valence-corrected chi connectivity index (χ1v) is 9.73. The minimum Gasteiger partial charge on any atom is -0.320 e. The van der Waals surface area contributed by atoms with Gasteiger partial charge in [0.2, 0.25) is 10.0 Å². The number of nitrogens with zero attached hydrogens (tertiary/aromatic N) is 1. The van der Waals surface area contributed by atoms with Crippen molar-refractivity contribution in [3.8, 4) is 0 Å². The number of halogens is 2. The second kappa shape index (κ2) is 7.58. The van der Waals surface area contributed by atoms with Crippen LogP contribution in [0.15, 0.2) is 59.0 Å². The van der Waals surface area contributed by atoms with Crippen LogP contribution in [0.5, 0.6) is 0 Å². The third-order valence-electron chi connectivity index (χ3n) is 4.30. The van der Waals surface area contributed by atoms with Crippen LogP contribution in [-0.4, -0.2) is 31.7 Å². The first-order valence-electron chi connectivity index (χ1n) is 8.29. The van der Waals surface area contributed by atoms with Crippen molar-refractivity contribution >= 4 is 21.6 Å². The summed E-state index contributed by atoms with van der Waals surface area (Å²) in [5, 5.41) is 2.32. The molecule has 27 heavy (non-hydrogen) atoms. The molecule has 2 aromatic carbocycles. The van der Waals surface area contributed by atoms with Crippen LogP contribution in [-0.2, 0) is 14.8 Å². The van der Waals surface area contributed by atoms with Crippen LogP contribution >= 0.6 is 0 Å². The highest BCUT2D eigenvalue weighted by Gasteiger charge is 2.27. The second-order valence-electron chi connectivity index (χ2n) is 6.23. The monoisotopic (exact) mass is 392 g/mol. The van der Waals surface area contributed by atoms with E-state index < -0.39 is 27.6 Å². The molecule has 0 radical (unpaired) electrons. The quantitative estimate of drug-likeness (QED) is 0.869. The van der Waals surface area contributed by atoms with E-state index in [9.17, 15) is 22.0 Å². The van der Waals surface area contributed by atoms with Gasteiger partial charge in [0, 0.05) is 24.7 Å². The molecular formula is C19H18F2N2O3S. The van der Waals surface area contributed by atoms with Gasteiger partial charge >= 0.3 is 0 Å². The lowest BCUT2D eigenvalue weighted by Crippen LogP contribution is -2.36. The number of hydrogen-bond donors (Lipinski definition) is 1. The molecule has 0 unspecified atom stereocenters. The van der Waals surface area contributed by atoms with Crippen molar-refractivity contribution in [1.29, 1.82) is 0 Å². The van der Waals surface area contributed by atoms with Crippen molar-refractivity contribution in [3.63, 3.8) is 0 Å². The van der Waals surface area contributed by atoms with Crippen molar-refractivity contribution in [3.05, 3.63) is 71.3 Å². The van der Waals surface area contributed by atoms with E-state index in [2.05, 4.69) is 5.32 Å². The summed E-state index contributed by atoms with van der Waals surface area (Å²) >= 11 is 0. The molecule has 1 amide bonds. The zero-order valence-corrected chi connectivity index (χ0v) is 15.4. The molecule has 2 aromatic rings. The molecule has 0 saturated heterocycles. The Balaban J connectivity index is 1.71. The van der Waals surface area contributed by atoms with E-state index >= 15 is 0 Å². The molecule has 1 aliphatic heterocycles. The summed E-state index contributed by atoms with van der Waals surface area (Å²) in [5.74, 6) is -1.99. The summed E-state index contributed by atoms with van der Waals surface area (Å²) in [6.45, 7) is 2.03. The van der Waals surface area contributed by atoms with Crippen LogP contribution in [0.2, 0.25) is 0 Å². The molecule has 0 atom stereocenters. The van der Waals surface area contributed by atoms with Gasteiger partial charge in [-0.3, -0.25) is 4.79 Å². The molecule has 0 aliphatic carbocycles. The smallest absolute Gasteiger partial charge is 0.251 e. The fraction of sp³-hybridized carbons (Fsp3) is 0.211. The van der Waals surface area contributed by atoms with Crippen LogP contribution in [0.4, 0.5) is 14.5 Å². The first kappa shape index (κ1) is 19.2. The van der Waals surface area contributed by atoms with Crippen LogP contribution in [0, 0.1) is 18.6 Å². The molecule has 0 saturated carbocycles. The van der Waals surface area contributed by atoms with E-state index in [1.165, 1.54) is 10.4 Å². The molecule has 8 heteroatoms. The highest BCUT2D eigenvalue weighted by atomic mass is 32.2. The van der Waals surface area contributed by atoms with Crippen LogP contribution in [0.25, 0.3) is 0 Å². The third-order valence-corrected chi connectivity index (χ3v) is 6.18. The number of nitrogens with one attached hydrogen (secondary N) is 1. The molecule has 142 valence electrons. The van der Waals surface area contributed by atoms with Crippen molar-refractivity contribution in [2.75, 3.05) is 18.4 Å². The predicted molar refractivity (Wildman–Crippen MR) is 97.6 cm³/mol. The predicted octanol–water partition coefficient (Wildman–Crippen LogP) is 3.23. The van der Waals surface area contributed by atoms with Gasteiger partial charge in [-0.25, -0.2) is 17.2 Å². The zero-order valence-electron chi connectivity index (χ0n) is 14.6. The fourth-order valence-electron chi connectivity index (χ4n) is 2.73. The largest absolute Gasteiger partial charge is 0.320 e. The Kier molecular flexibility index (Phi) is 5.38. The number of benzene rings is 2. The number of rotatable bonds is 4. The normalized spacial score (nSPS) is 15.3. The minimum absolute atomic E-state index is 0.0323. The Morgan fingerprint density at radius 2 is 1.81 bits per heavy atom. The maximum atomic E-state index is 13.6. The Morgan fingerprint density at radius 1 is 1.11 bits per heavy atom. The van der Waals surface area contributed by atoms with Crippen LogP contribution in [0.3, 0.4) is 0 Å². The Bertz CT molecular complexity index is 1000.